The van der Waals surface area contributed by atoms with E-state index < -0.39 is 11.9 Å². The largest absolute Gasteiger partial charge is 0.478 e. The number of aromatic carboxylic acids is 1. The van der Waals surface area contributed by atoms with Crippen molar-refractivity contribution in [3.05, 3.63) is 39.9 Å². The predicted molar refractivity (Wildman–Crippen MR) is 73.5 cm³/mol. The maximum atomic E-state index is 11.2. The van der Waals surface area contributed by atoms with E-state index in [0.29, 0.717) is 5.56 Å². The van der Waals surface area contributed by atoms with Gasteiger partial charge < -0.3 is 9.84 Å². The Kier molecular flexibility index (Phi) is 5.57. The summed E-state index contributed by atoms with van der Waals surface area (Å²) in [5.41, 5.74) is 1.32. The van der Waals surface area contributed by atoms with Gasteiger partial charge in [-0.3, -0.25) is 0 Å². The smallest absolute Gasteiger partial charge is 0.337 e. The molecule has 102 valence electrons. The minimum atomic E-state index is -1.13. The fourth-order valence-corrected chi connectivity index (χ4v) is 2.03. The van der Waals surface area contributed by atoms with E-state index in [1.165, 1.54) is 19.3 Å². The summed E-state index contributed by atoms with van der Waals surface area (Å²) in [6, 6.07) is 3.36. The van der Waals surface area contributed by atoms with Gasteiger partial charge in [0, 0.05) is 6.08 Å². The first-order valence-corrected chi connectivity index (χ1v) is 6.19. The number of rotatable bonds is 5. The van der Waals surface area contributed by atoms with Crippen LogP contribution in [0.15, 0.2) is 18.2 Å². The zero-order valence-electron chi connectivity index (χ0n) is 10.8. The maximum absolute atomic E-state index is 11.2. The van der Waals surface area contributed by atoms with Gasteiger partial charge in [-0.2, -0.15) is 0 Å². The molecule has 4 nitrogen and oxygen atoms in total. The first kappa shape index (κ1) is 15.2. The van der Waals surface area contributed by atoms with Gasteiger partial charge in [0.15, 0.2) is 0 Å². The van der Waals surface area contributed by atoms with Gasteiger partial charge in [0.1, 0.15) is 0 Å². The van der Waals surface area contributed by atoms with Crippen molar-refractivity contribution in [3.8, 4) is 0 Å². The molecule has 0 saturated carbocycles. The third kappa shape index (κ3) is 4.10. The van der Waals surface area contributed by atoms with Gasteiger partial charge in [-0.25, -0.2) is 9.59 Å². The van der Waals surface area contributed by atoms with Crippen LogP contribution >= 0.6 is 11.6 Å². The summed E-state index contributed by atoms with van der Waals surface area (Å²) in [5.74, 6) is -1.68. The van der Waals surface area contributed by atoms with Crippen LogP contribution in [0.25, 0.3) is 6.08 Å². The number of carboxylic acid groups (broad SMARTS) is 1. The highest BCUT2D eigenvalue weighted by Crippen LogP contribution is 2.24. The Hall–Kier alpha value is -1.81. The number of benzene rings is 1. The number of hydrogen-bond acceptors (Lipinski definition) is 3. The van der Waals surface area contributed by atoms with Gasteiger partial charge in [0.25, 0.3) is 0 Å². The van der Waals surface area contributed by atoms with Crippen LogP contribution in [0.2, 0.25) is 5.02 Å². The number of aryl methyl sites for hydroxylation is 1. The second kappa shape index (κ2) is 6.95. The number of halogens is 1. The minimum absolute atomic E-state index is 0.0123. The molecule has 1 N–H and O–H groups in total. The third-order valence-corrected chi connectivity index (χ3v) is 2.83. The van der Waals surface area contributed by atoms with Gasteiger partial charge in [0.2, 0.25) is 0 Å². The van der Waals surface area contributed by atoms with Crippen molar-refractivity contribution in [1.29, 1.82) is 0 Å². The molecule has 0 fully saturated rings. The van der Waals surface area contributed by atoms with Crippen LogP contribution in [0.5, 0.6) is 0 Å². The monoisotopic (exact) mass is 282 g/mol. The molecule has 0 radical (unpaired) electrons. The predicted octanol–water partition coefficient (Wildman–Crippen LogP) is 3.18. The van der Waals surface area contributed by atoms with E-state index in [1.807, 2.05) is 6.92 Å². The zero-order valence-corrected chi connectivity index (χ0v) is 11.5. The molecule has 0 aliphatic rings. The van der Waals surface area contributed by atoms with Crippen LogP contribution in [0.4, 0.5) is 0 Å². The van der Waals surface area contributed by atoms with Gasteiger partial charge in [-0.15, -0.1) is 0 Å². The summed E-state index contributed by atoms with van der Waals surface area (Å²) >= 11 is 5.98. The van der Waals surface area contributed by atoms with Gasteiger partial charge in [0.05, 0.1) is 17.7 Å². The van der Waals surface area contributed by atoms with Crippen LogP contribution in [0.1, 0.15) is 34.8 Å². The molecule has 0 bridgehead atoms. The number of esters is 1. The highest BCUT2D eigenvalue weighted by Gasteiger charge is 2.14. The summed E-state index contributed by atoms with van der Waals surface area (Å²) < 4.78 is 4.47. The van der Waals surface area contributed by atoms with Crippen LogP contribution in [-0.2, 0) is 16.0 Å². The molecular formula is C14H15ClO4. The Balaban J connectivity index is 3.27. The molecule has 0 aliphatic heterocycles. The van der Waals surface area contributed by atoms with E-state index in [1.54, 1.807) is 12.1 Å². The van der Waals surface area contributed by atoms with E-state index in [4.69, 9.17) is 16.7 Å². The van der Waals surface area contributed by atoms with Crippen molar-refractivity contribution in [1.82, 2.24) is 0 Å². The Bertz CT molecular complexity index is 520. The molecule has 0 saturated heterocycles. The fourth-order valence-electron chi connectivity index (χ4n) is 1.70. The molecule has 0 amide bonds. The molecule has 1 aromatic carbocycles. The maximum Gasteiger partial charge on any atom is 0.337 e. The van der Waals surface area contributed by atoms with Crippen LogP contribution < -0.4 is 0 Å². The normalized spacial score (nSPS) is 10.7. The zero-order chi connectivity index (χ0) is 14.4. The Morgan fingerprint density at radius 3 is 2.63 bits per heavy atom. The molecule has 0 unspecified atom stereocenters. The van der Waals surface area contributed by atoms with E-state index in [9.17, 15) is 9.59 Å². The molecule has 19 heavy (non-hydrogen) atoms. The van der Waals surface area contributed by atoms with Crippen molar-refractivity contribution in [2.45, 2.75) is 19.8 Å². The van der Waals surface area contributed by atoms with E-state index in [-0.39, 0.29) is 10.6 Å². The van der Waals surface area contributed by atoms with Gasteiger partial charge in [-0.1, -0.05) is 31.0 Å². The quantitative estimate of drug-likeness (QED) is 0.665. The fraction of sp³-hybridized carbons (Fsp3) is 0.286. The van der Waals surface area contributed by atoms with Crippen LogP contribution in [-0.4, -0.2) is 24.2 Å². The highest BCUT2D eigenvalue weighted by molar-refractivity contribution is 6.34. The SMILES string of the molecule is CCCc1cc(Cl)c(C(=O)O)c(/C=C/C(=O)OC)c1. The van der Waals surface area contributed by atoms with Crippen molar-refractivity contribution in [2.24, 2.45) is 0 Å². The number of ether oxygens (including phenoxy) is 1. The van der Waals surface area contributed by atoms with Crippen LogP contribution in [0, 0.1) is 0 Å². The lowest BCUT2D eigenvalue weighted by molar-refractivity contribution is -0.134. The minimum Gasteiger partial charge on any atom is -0.478 e. The van der Waals surface area contributed by atoms with Crippen LogP contribution in [0.3, 0.4) is 0 Å². The van der Waals surface area contributed by atoms with E-state index >= 15 is 0 Å². The lowest BCUT2D eigenvalue weighted by Crippen LogP contribution is -2.03. The van der Waals surface area contributed by atoms with Crippen molar-refractivity contribution in [2.75, 3.05) is 7.11 Å². The van der Waals surface area contributed by atoms with E-state index in [2.05, 4.69) is 4.74 Å². The van der Waals surface area contributed by atoms with Gasteiger partial charge in [-0.05, 0) is 29.7 Å². The number of hydrogen-bond donors (Lipinski definition) is 1. The standard InChI is InChI=1S/C14H15ClO4/c1-3-4-9-7-10(5-6-12(16)19-2)13(14(17)18)11(15)8-9/h5-8H,3-4H2,1-2H3,(H,17,18)/b6-5+. The molecule has 0 atom stereocenters. The molecule has 0 spiro atoms. The molecular weight excluding hydrogens is 268 g/mol. The van der Waals surface area contributed by atoms with E-state index in [0.717, 1.165) is 18.4 Å². The average molecular weight is 283 g/mol. The number of carboxylic acids is 1. The summed E-state index contributed by atoms with van der Waals surface area (Å²) in [5, 5.41) is 9.32. The Labute approximate surface area is 116 Å². The molecule has 0 aromatic heterocycles. The summed E-state index contributed by atoms with van der Waals surface area (Å²) in [6.07, 6.45) is 4.29. The Morgan fingerprint density at radius 2 is 2.11 bits per heavy atom. The topological polar surface area (TPSA) is 63.6 Å². The first-order valence-electron chi connectivity index (χ1n) is 5.81. The van der Waals surface area contributed by atoms with Crippen molar-refractivity contribution >= 4 is 29.6 Å². The lowest BCUT2D eigenvalue weighted by atomic mass is 10.0. The number of methoxy groups -OCH3 is 1. The average Bonchev–Trinajstić information content (AvgIpc) is 2.35. The summed E-state index contributed by atoms with van der Waals surface area (Å²) in [6.45, 7) is 2.02. The number of carbonyl (C=O) groups excluding carboxylic acids is 1. The third-order valence-electron chi connectivity index (χ3n) is 2.53. The van der Waals surface area contributed by atoms with Gasteiger partial charge >= 0.3 is 11.9 Å². The summed E-state index contributed by atoms with van der Waals surface area (Å²) in [7, 11) is 1.26. The lowest BCUT2D eigenvalue weighted by Gasteiger charge is -2.08. The van der Waals surface area contributed by atoms with Crippen molar-refractivity contribution in [3.63, 3.8) is 0 Å². The summed E-state index contributed by atoms with van der Waals surface area (Å²) in [4.78, 5) is 22.3. The van der Waals surface area contributed by atoms with Crippen molar-refractivity contribution < 1.29 is 19.4 Å². The highest BCUT2D eigenvalue weighted by atomic mass is 35.5. The Morgan fingerprint density at radius 1 is 1.42 bits per heavy atom. The first-order chi connectivity index (χ1) is 8.99. The molecule has 5 heteroatoms. The number of carbonyl (C=O) groups is 2. The molecule has 1 rings (SSSR count). The molecule has 0 heterocycles. The second-order valence-electron chi connectivity index (χ2n) is 3.95. The molecule has 0 aliphatic carbocycles. The second-order valence-corrected chi connectivity index (χ2v) is 4.36. The molecule has 1 aromatic rings.